The number of nitriles is 1. The molecule has 1 aromatic heterocycles. The minimum atomic E-state index is -0.934. The fourth-order valence-corrected chi connectivity index (χ4v) is 2.95. The summed E-state index contributed by atoms with van der Waals surface area (Å²) in [4.78, 5) is 17.2. The maximum atomic E-state index is 12.7. The Hall–Kier alpha value is -2.45. The van der Waals surface area contributed by atoms with Crippen LogP contribution in [-0.2, 0) is 7.05 Å². The van der Waals surface area contributed by atoms with E-state index in [1.807, 2.05) is 37.4 Å². The first-order chi connectivity index (χ1) is 10.6. The Morgan fingerprint density at radius 3 is 2.59 bits per heavy atom. The quantitative estimate of drug-likeness (QED) is 0.672. The molecule has 3 rings (SSSR count). The molecule has 3 aromatic rings. The molecule has 5 heteroatoms. The first-order valence-electron chi connectivity index (χ1n) is 6.73. The second kappa shape index (κ2) is 5.74. The topological polar surface area (TPSA) is 58.7 Å². The van der Waals surface area contributed by atoms with E-state index in [-0.39, 0.29) is 5.78 Å². The molecule has 2 aromatic carbocycles. The average molecular weight is 354 g/mol. The molecule has 0 radical (unpaired) electrons. The van der Waals surface area contributed by atoms with Crippen LogP contribution in [-0.4, -0.2) is 15.3 Å². The molecule has 0 fully saturated rings. The van der Waals surface area contributed by atoms with Crippen molar-refractivity contribution in [2.45, 2.75) is 5.92 Å². The largest absolute Gasteiger partial charge is 0.330 e. The zero-order chi connectivity index (χ0) is 15.7. The van der Waals surface area contributed by atoms with Crippen LogP contribution < -0.4 is 0 Å². The number of carbonyl (C=O) groups excluding carboxylic acids is 1. The predicted octanol–water partition coefficient (Wildman–Crippen LogP) is 3.83. The van der Waals surface area contributed by atoms with Crippen LogP contribution in [0.3, 0.4) is 0 Å². The van der Waals surface area contributed by atoms with Crippen molar-refractivity contribution < 1.29 is 4.79 Å². The number of ketones is 1. The summed E-state index contributed by atoms with van der Waals surface area (Å²) in [6.45, 7) is 0. The minimum Gasteiger partial charge on any atom is -0.330 e. The first-order valence-corrected chi connectivity index (χ1v) is 7.52. The lowest BCUT2D eigenvalue weighted by molar-refractivity contribution is 0.0974. The van der Waals surface area contributed by atoms with Gasteiger partial charge in [0.2, 0.25) is 0 Å². The van der Waals surface area contributed by atoms with Crippen LogP contribution in [0, 0.1) is 11.3 Å². The van der Waals surface area contributed by atoms with E-state index in [4.69, 9.17) is 0 Å². The molecular formula is C17H12BrN3O. The van der Waals surface area contributed by atoms with Crippen molar-refractivity contribution in [2.24, 2.45) is 7.05 Å². The third-order valence-electron chi connectivity index (χ3n) is 3.61. The molecule has 1 heterocycles. The number of fused-ring (bicyclic) bond motifs is 1. The molecule has 0 N–H and O–H groups in total. The summed E-state index contributed by atoms with van der Waals surface area (Å²) in [6, 6.07) is 16.8. The highest BCUT2D eigenvalue weighted by atomic mass is 79.9. The van der Waals surface area contributed by atoms with E-state index >= 15 is 0 Å². The molecule has 22 heavy (non-hydrogen) atoms. The Kier molecular flexibility index (Phi) is 3.78. The van der Waals surface area contributed by atoms with Crippen LogP contribution in [0.4, 0.5) is 0 Å². The second-order valence-corrected chi connectivity index (χ2v) is 5.78. The fourth-order valence-electron chi connectivity index (χ4n) is 2.47. The number of benzene rings is 2. The molecule has 0 bridgehead atoms. The van der Waals surface area contributed by atoms with Gasteiger partial charge in [0, 0.05) is 17.1 Å². The van der Waals surface area contributed by atoms with E-state index in [1.54, 1.807) is 22.8 Å². The van der Waals surface area contributed by atoms with Gasteiger partial charge in [-0.1, -0.05) is 46.3 Å². The SMILES string of the molecule is Cn1c([C@@H](C#N)C(=O)c2ccccc2Br)nc2ccccc21. The van der Waals surface area contributed by atoms with Gasteiger partial charge in [-0.2, -0.15) is 5.26 Å². The molecule has 1 atom stereocenters. The number of halogens is 1. The summed E-state index contributed by atoms with van der Waals surface area (Å²) in [5.74, 6) is -0.728. The lowest BCUT2D eigenvalue weighted by Crippen LogP contribution is -2.16. The van der Waals surface area contributed by atoms with E-state index in [9.17, 15) is 10.1 Å². The summed E-state index contributed by atoms with van der Waals surface area (Å²) in [7, 11) is 1.82. The summed E-state index contributed by atoms with van der Waals surface area (Å²) < 4.78 is 2.48. The Balaban J connectivity index is 2.11. The van der Waals surface area contributed by atoms with E-state index < -0.39 is 5.92 Å². The van der Waals surface area contributed by atoms with Crippen LogP contribution >= 0.6 is 15.9 Å². The van der Waals surface area contributed by atoms with Crippen molar-refractivity contribution in [1.29, 1.82) is 5.26 Å². The van der Waals surface area contributed by atoms with Crippen molar-refractivity contribution in [2.75, 3.05) is 0 Å². The van der Waals surface area contributed by atoms with Gasteiger partial charge in [-0.05, 0) is 18.2 Å². The number of hydrogen-bond acceptors (Lipinski definition) is 3. The lowest BCUT2D eigenvalue weighted by atomic mass is 9.98. The molecule has 0 saturated carbocycles. The Bertz CT molecular complexity index is 908. The molecular weight excluding hydrogens is 342 g/mol. The van der Waals surface area contributed by atoms with Gasteiger partial charge in [0.15, 0.2) is 11.7 Å². The molecule has 0 unspecified atom stereocenters. The van der Waals surface area contributed by atoms with Crippen molar-refractivity contribution in [3.05, 3.63) is 64.4 Å². The normalized spacial score (nSPS) is 12.0. The lowest BCUT2D eigenvalue weighted by Gasteiger charge is -2.10. The zero-order valence-corrected chi connectivity index (χ0v) is 13.4. The number of imidazole rings is 1. The summed E-state index contributed by atoms with van der Waals surface area (Å²) in [5, 5.41) is 9.51. The maximum Gasteiger partial charge on any atom is 0.188 e. The summed E-state index contributed by atoms with van der Waals surface area (Å²) in [6.07, 6.45) is 0. The first kappa shape index (κ1) is 14.5. The average Bonchev–Trinajstić information content (AvgIpc) is 2.86. The Morgan fingerprint density at radius 2 is 1.91 bits per heavy atom. The number of aryl methyl sites for hydroxylation is 1. The van der Waals surface area contributed by atoms with Crippen molar-refractivity contribution in [3.8, 4) is 6.07 Å². The van der Waals surface area contributed by atoms with Gasteiger partial charge in [-0.3, -0.25) is 4.79 Å². The molecule has 0 aliphatic heterocycles. The molecule has 0 aliphatic rings. The van der Waals surface area contributed by atoms with Crippen molar-refractivity contribution in [1.82, 2.24) is 9.55 Å². The number of para-hydroxylation sites is 2. The molecule has 0 aliphatic carbocycles. The number of Topliss-reactive ketones (excluding diaryl/α,β-unsaturated/α-hetero) is 1. The predicted molar refractivity (Wildman–Crippen MR) is 87.5 cm³/mol. The highest BCUT2D eigenvalue weighted by molar-refractivity contribution is 9.10. The van der Waals surface area contributed by atoms with Crippen LogP contribution in [0.5, 0.6) is 0 Å². The standard InChI is InChI=1S/C17H12BrN3O/c1-21-15-9-5-4-8-14(15)20-17(21)12(10-19)16(22)11-6-2-3-7-13(11)18/h2-9,12H,1H3/t12-/m0/s1. The van der Waals surface area contributed by atoms with Gasteiger partial charge in [0.25, 0.3) is 0 Å². The van der Waals surface area contributed by atoms with Crippen LogP contribution in [0.1, 0.15) is 22.1 Å². The van der Waals surface area contributed by atoms with Gasteiger partial charge >= 0.3 is 0 Å². The Morgan fingerprint density at radius 1 is 1.23 bits per heavy atom. The van der Waals surface area contributed by atoms with E-state index in [2.05, 4.69) is 27.0 Å². The maximum absolute atomic E-state index is 12.7. The third kappa shape index (κ3) is 2.32. The van der Waals surface area contributed by atoms with Gasteiger partial charge < -0.3 is 4.57 Å². The minimum absolute atomic E-state index is 0.256. The van der Waals surface area contributed by atoms with E-state index in [1.165, 1.54) is 0 Å². The summed E-state index contributed by atoms with van der Waals surface area (Å²) in [5.41, 5.74) is 2.17. The molecule has 108 valence electrons. The smallest absolute Gasteiger partial charge is 0.188 e. The molecule has 0 saturated heterocycles. The number of rotatable bonds is 3. The van der Waals surface area contributed by atoms with Crippen molar-refractivity contribution >= 4 is 32.7 Å². The molecule has 0 spiro atoms. The highest BCUT2D eigenvalue weighted by Crippen LogP contribution is 2.26. The second-order valence-electron chi connectivity index (χ2n) is 4.92. The van der Waals surface area contributed by atoms with E-state index in [0.29, 0.717) is 15.9 Å². The van der Waals surface area contributed by atoms with Crippen LogP contribution in [0.25, 0.3) is 11.0 Å². The van der Waals surface area contributed by atoms with Gasteiger partial charge in [-0.25, -0.2) is 4.98 Å². The summed E-state index contributed by atoms with van der Waals surface area (Å²) >= 11 is 3.36. The van der Waals surface area contributed by atoms with Gasteiger partial charge in [0.1, 0.15) is 5.82 Å². The van der Waals surface area contributed by atoms with Crippen molar-refractivity contribution in [3.63, 3.8) is 0 Å². The number of hydrogen-bond donors (Lipinski definition) is 0. The third-order valence-corrected chi connectivity index (χ3v) is 4.30. The molecule has 4 nitrogen and oxygen atoms in total. The van der Waals surface area contributed by atoms with Crippen LogP contribution in [0.15, 0.2) is 53.0 Å². The highest BCUT2D eigenvalue weighted by Gasteiger charge is 2.27. The van der Waals surface area contributed by atoms with Gasteiger partial charge in [-0.15, -0.1) is 0 Å². The number of nitrogens with zero attached hydrogens (tertiary/aromatic N) is 3. The van der Waals surface area contributed by atoms with E-state index in [0.717, 1.165) is 11.0 Å². The zero-order valence-electron chi connectivity index (χ0n) is 11.8. The monoisotopic (exact) mass is 353 g/mol. The fraction of sp³-hybridized carbons (Fsp3) is 0.118. The van der Waals surface area contributed by atoms with Gasteiger partial charge in [0.05, 0.1) is 17.1 Å². The molecule has 0 amide bonds. The van der Waals surface area contributed by atoms with Crippen LogP contribution in [0.2, 0.25) is 0 Å². The Labute approximate surface area is 136 Å². The number of carbonyl (C=O) groups is 1. The number of aromatic nitrogens is 2.